The molecule has 8 N–H and O–H groups in total. The molecule has 6 atom stereocenters. The normalized spacial score (nSPS) is 28.6. The summed E-state index contributed by atoms with van der Waals surface area (Å²) in [6, 6.07) is 4.51. The molecule has 4 rings (SSSR count). The summed E-state index contributed by atoms with van der Waals surface area (Å²) >= 11 is 0. The van der Waals surface area contributed by atoms with Crippen molar-refractivity contribution < 1.29 is 64.7 Å². The molecule has 182 valence electrons. The monoisotopic (exact) mass is 480 g/mol. The summed E-state index contributed by atoms with van der Waals surface area (Å²) in [5.41, 5.74) is -0.0972. The predicted octanol–water partition coefficient (Wildman–Crippen LogP) is -0.514. The molecule has 0 aliphatic carbocycles. The maximum atomic E-state index is 12.6. The van der Waals surface area contributed by atoms with Gasteiger partial charge in [-0.25, -0.2) is 4.79 Å². The highest BCUT2D eigenvalue weighted by Crippen LogP contribution is 2.50. The molecule has 0 radical (unpaired) electrons. The zero-order valence-electron chi connectivity index (χ0n) is 17.1. The number of ketones is 1. The average Bonchev–Trinajstić information content (AvgIpc) is 2.78. The SMILES string of the molecule is O=C1CC(c2ccc(O)c(O)c2)Oc2c(O)c(O[C@@H]3O[C@H](C(=O)O)[C@@H](O)[C@H](O)[C@H]3O)cc(O)c21. The second kappa shape index (κ2) is 8.53. The molecule has 0 bridgehead atoms. The molecule has 1 unspecified atom stereocenters. The Bertz CT molecular complexity index is 1150. The lowest BCUT2D eigenvalue weighted by Gasteiger charge is -2.38. The number of Topliss-reactive ketones (excluding diaryl/α,β-unsaturated/α-hetero) is 1. The van der Waals surface area contributed by atoms with Gasteiger partial charge >= 0.3 is 5.97 Å². The van der Waals surface area contributed by atoms with Crippen LogP contribution in [0.15, 0.2) is 24.3 Å². The molecule has 2 heterocycles. The highest BCUT2D eigenvalue weighted by molar-refractivity contribution is 6.03. The van der Waals surface area contributed by atoms with Crippen LogP contribution < -0.4 is 9.47 Å². The van der Waals surface area contributed by atoms with E-state index in [0.717, 1.165) is 12.1 Å². The molecule has 1 saturated heterocycles. The molecular weight excluding hydrogens is 460 g/mol. The fourth-order valence-electron chi connectivity index (χ4n) is 3.74. The molecule has 13 heteroatoms. The zero-order chi connectivity index (χ0) is 24.9. The summed E-state index contributed by atoms with van der Waals surface area (Å²) in [6.45, 7) is 0. The summed E-state index contributed by atoms with van der Waals surface area (Å²) in [5, 5.41) is 79.2. The van der Waals surface area contributed by atoms with Crippen LogP contribution in [0.3, 0.4) is 0 Å². The van der Waals surface area contributed by atoms with E-state index in [0.29, 0.717) is 0 Å². The zero-order valence-corrected chi connectivity index (χ0v) is 17.1. The summed E-state index contributed by atoms with van der Waals surface area (Å²) in [5.74, 6) is -5.71. The quantitative estimate of drug-likeness (QED) is 0.204. The van der Waals surface area contributed by atoms with Gasteiger partial charge in [0.05, 0.1) is 6.42 Å². The van der Waals surface area contributed by atoms with Crippen molar-refractivity contribution in [1.82, 2.24) is 0 Å². The smallest absolute Gasteiger partial charge is 0.335 e. The largest absolute Gasteiger partial charge is 0.507 e. The minimum Gasteiger partial charge on any atom is -0.507 e. The van der Waals surface area contributed by atoms with Crippen LogP contribution in [-0.4, -0.2) is 83.3 Å². The summed E-state index contributed by atoms with van der Waals surface area (Å²) < 4.78 is 15.9. The Hall–Kier alpha value is -3.78. The highest BCUT2D eigenvalue weighted by Gasteiger charge is 2.48. The maximum Gasteiger partial charge on any atom is 0.335 e. The van der Waals surface area contributed by atoms with Crippen LogP contribution in [0.4, 0.5) is 0 Å². The van der Waals surface area contributed by atoms with Crippen LogP contribution >= 0.6 is 0 Å². The minimum absolute atomic E-state index is 0.270. The van der Waals surface area contributed by atoms with Crippen molar-refractivity contribution in [3.05, 3.63) is 35.4 Å². The number of carbonyl (C=O) groups is 2. The Balaban J connectivity index is 1.67. The standard InChI is InChI=1S/C21H20O13/c22-7-2-1-6(3-8(7)23)11-4-9(24)13-10(25)5-12(14(26)18(13)32-11)33-21-17(29)15(27)16(28)19(34-21)20(30)31/h1-3,5,11,15-17,19,21-23,25-29H,4H2,(H,30,31)/t11?,15-,16-,17+,19-,21+/m0/s1. The van der Waals surface area contributed by atoms with Crippen molar-refractivity contribution >= 4 is 11.8 Å². The van der Waals surface area contributed by atoms with Gasteiger partial charge in [-0.2, -0.15) is 0 Å². The first kappa shape index (κ1) is 23.4. The minimum atomic E-state index is -1.97. The first-order chi connectivity index (χ1) is 16.0. The van der Waals surface area contributed by atoms with Crippen LogP contribution in [0.25, 0.3) is 0 Å². The van der Waals surface area contributed by atoms with Gasteiger partial charge in [-0.15, -0.1) is 0 Å². The van der Waals surface area contributed by atoms with Crippen molar-refractivity contribution in [3.8, 4) is 34.5 Å². The van der Waals surface area contributed by atoms with E-state index in [1.54, 1.807) is 0 Å². The Morgan fingerprint density at radius 3 is 2.29 bits per heavy atom. The molecule has 0 spiro atoms. The lowest BCUT2D eigenvalue weighted by atomic mass is 9.94. The second-order valence-corrected chi connectivity index (χ2v) is 7.78. The number of ether oxygens (including phenoxy) is 3. The number of benzene rings is 2. The van der Waals surface area contributed by atoms with E-state index >= 15 is 0 Å². The van der Waals surface area contributed by atoms with Crippen molar-refractivity contribution in [2.24, 2.45) is 0 Å². The topological polar surface area (TPSA) is 224 Å². The number of hydrogen-bond acceptors (Lipinski definition) is 12. The molecule has 2 aliphatic rings. The number of rotatable bonds is 4. The van der Waals surface area contributed by atoms with E-state index in [9.17, 15) is 45.3 Å². The van der Waals surface area contributed by atoms with E-state index in [2.05, 4.69) is 0 Å². The first-order valence-electron chi connectivity index (χ1n) is 9.89. The molecule has 0 saturated carbocycles. The lowest BCUT2D eigenvalue weighted by Crippen LogP contribution is -2.61. The fraction of sp³-hybridized carbons (Fsp3) is 0.333. The lowest BCUT2D eigenvalue weighted by molar-refractivity contribution is -0.271. The van der Waals surface area contributed by atoms with Gasteiger partial charge in [-0.3, -0.25) is 4.79 Å². The molecule has 0 aromatic heterocycles. The van der Waals surface area contributed by atoms with Crippen molar-refractivity contribution in [1.29, 1.82) is 0 Å². The Labute approximate surface area is 190 Å². The number of phenols is 4. The van der Waals surface area contributed by atoms with E-state index < -0.39 is 83.1 Å². The number of carboxylic acid groups (broad SMARTS) is 1. The van der Waals surface area contributed by atoms with Crippen LogP contribution in [0.1, 0.15) is 28.4 Å². The number of hydrogen-bond donors (Lipinski definition) is 8. The van der Waals surface area contributed by atoms with E-state index in [1.165, 1.54) is 12.1 Å². The van der Waals surface area contributed by atoms with Crippen LogP contribution in [-0.2, 0) is 9.53 Å². The number of aromatic hydroxyl groups is 4. The number of carbonyl (C=O) groups excluding carboxylic acids is 1. The number of aliphatic carboxylic acids is 1. The Morgan fingerprint density at radius 1 is 0.941 bits per heavy atom. The van der Waals surface area contributed by atoms with Gasteiger partial charge in [0.25, 0.3) is 0 Å². The predicted molar refractivity (Wildman–Crippen MR) is 107 cm³/mol. The first-order valence-corrected chi connectivity index (χ1v) is 9.89. The Morgan fingerprint density at radius 2 is 1.65 bits per heavy atom. The van der Waals surface area contributed by atoms with Crippen LogP contribution in [0, 0.1) is 0 Å². The van der Waals surface area contributed by atoms with Gasteiger partial charge in [-0.05, 0) is 17.7 Å². The molecule has 13 nitrogen and oxygen atoms in total. The van der Waals surface area contributed by atoms with Gasteiger partial charge in [0.15, 0.2) is 34.9 Å². The molecule has 34 heavy (non-hydrogen) atoms. The maximum absolute atomic E-state index is 12.6. The summed E-state index contributed by atoms with van der Waals surface area (Å²) in [7, 11) is 0. The number of phenolic OH excluding ortho intramolecular Hbond substituents is 4. The van der Waals surface area contributed by atoms with Gasteiger partial charge in [0, 0.05) is 6.07 Å². The highest BCUT2D eigenvalue weighted by atomic mass is 16.7. The molecule has 2 aromatic rings. The fourth-order valence-corrected chi connectivity index (χ4v) is 3.74. The van der Waals surface area contributed by atoms with Gasteiger partial charge in [-0.1, -0.05) is 6.07 Å². The van der Waals surface area contributed by atoms with Crippen molar-refractivity contribution in [2.75, 3.05) is 0 Å². The number of aliphatic hydroxyl groups excluding tert-OH is 3. The molecule has 1 fully saturated rings. The third-order valence-corrected chi connectivity index (χ3v) is 5.54. The van der Waals surface area contributed by atoms with Gasteiger partial charge < -0.3 is 55.1 Å². The molecule has 2 aromatic carbocycles. The van der Waals surface area contributed by atoms with Crippen molar-refractivity contribution in [3.63, 3.8) is 0 Å². The number of fused-ring (bicyclic) bond motifs is 1. The van der Waals surface area contributed by atoms with Crippen LogP contribution in [0.5, 0.6) is 34.5 Å². The van der Waals surface area contributed by atoms with Crippen molar-refractivity contribution in [2.45, 2.75) is 43.2 Å². The summed E-state index contributed by atoms with van der Waals surface area (Å²) in [4.78, 5) is 23.9. The number of carboxylic acids is 1. The summed E-state index contributed by atoms with van der Waals surface area (Å²) in [6.07, 6.45) is -11.1. The van der Waals surface area contributed by atoms with Gasteiger partial charge in [0.1, 0.15) is 35.7 Å². The van der Waals surface area contributed by atoms with E-state index in [-0.39, 0.29) is 17.5 Å². The number of aliphatic hydroxyl groups is 3. The van der Waals surface area contributed by atoms with E-state index in [1.807, 2.05) is 0 Å². The molecular formula is C21H20O13. The molecule has 0 amide bonds. The third kappa shape index (κ3) is 3.90. The second-order valence-electron chi connectivity index (χ2n) is 7.78. The average molecular weight is 480 g/mol. The molecule has 2 aliphatic heterocycles. The Kier molecular flexibility index (Phi) is 5.87. The van der Waals surface area contributed by atoms with Gasteiger partial charge in [0.2, 0.25) is 12.0 Å². The van der Waals surface area contributed by atoms with E-state index in [4.69, 9.17) is 19.3 Å². The third-order valence-electron chi connectivity index (χ3n) is 5.54. The van der Waals surface area contributed by atoms with Crippen LogP contribution in [0.2, 0.25) is 0 Å².